The van der Waals surface area contributed by atoms with Crippen molar-refractivity contribution in [3.05, 3.63) is 209 Å². The van der Waals surface area contributed by atoms with Gasteiger partial charge in [-0.2, -0.15) is 0 Å². The van der Waals surface area contributed by atoms with Gasteiger partial charge in [0.25, 0.3) is 0 Å². The van der Waals surface area contributed by atoms with Crippen molar-refractivity contribution >= 4 is 21.9 Å². The van der Waals surface area contributed by atoms with Crippen LogP contribution in [0.25, 0.3) is 89.5 Å². The Kier molecular flexibility index (Phi) is 6.80. The molecule has 1 spiro atoms. The van der Waals surface area contributed by atoms with Crippen molar-refractivity contribution in [2.45, 2.75) is 24.7 Å². The van der Waals surface area contributed by atoms with Crippen LogP contribution in [0.5, 0.6) is 0 Å². The fourth-order valence-corrected chi connectivity index (χ4v) is 10.6. The Morgan fingerprint density at radius 2 is 0.949 bits per heavy atom. The molecule has 0 saturated carbocycles. The Hall–Kier alpha value is -7.43. The first-order valence-electron chi connectivity index (χ1n) is 20.6. The van der Waals surface area contributed by atoms with Gasteiger partial charge in [0.2, 0.25) is 0 Å². The molecular formula is C55H35N3O. The van der Waals surface area contributed by atoms with E-state index >= 15 is 0 Å². The van der Waals surface area contributed by atoms with E-state index in [4.69, 9.17) is 19.4 Å². The SMILES string of the molecule is c1ccc(-c2nc(-c3ccc4c(c3)-c3ccccc3CCC4)nc(-c3ccc4c(c3)oc3ccc5c(c34)-c3ccccc3C53c4ccccc4-c4ccccc43)n2)cc1. The molecule has 0 bridgehead atoms. The second-order valence-electron chi connectivity index (χ2n) is 16.1. The summed E-state index contributed by atoms with van der Waals surface area (Å²) in [5.41, 5.74) is 19.8. The number of rotatable bonds is 3. The summed E-state index contributed by atoms with van der Waals surface area (Å²) in [6.07, 6.45) is 3.27. The lowest BCUT2D eigenvalue weighted by molar-refractivity contribution is 0.668. The van der Waals surface area contributed by atoms with Crippen LogP contribution in [0.3, 0.4) is 0 Å². The highest BCUT2D eigenvalue weighted by molar-refractivity contribution is 6.16. The van der Waals surface area contributed by atoms with E-state index in [2.05, 4.69) is 158 Å². The Morgan fingerprint density at radius 1 is 0.390 bits per heavy atom. The first-order valence-corrected chi connectivity index (χ1v) is 20.6. The number of aryl methyl sites for hydroxylation is 2. The number of fused-ring (bicyclic) bond motifs is 17. The molecule has 0 aliphatic heterocycles. The molecule has 0 N–H and O–H groups in total. The summed E-state index contributed by atoms with van der Waals surface area (Å²) in [6, 6.07) is 63.5. The van der Waals surface area contributed by atoms with Gasteiger partial charge in [0.05, 0.1) is 5.41 Å². The highest BCUT2D eigenvalue weighted by atomic mass is 16.3. The van der Waals surface area contributed by atoms with Crippen LogP contribution in [0.1, 0.15) is 39.8 Å². The van der Waals surface area contributed by atoms with Gasteiger partial charge in [0, 0.05) is 27.5 Å². The Labute approximate surface area is 341 Å². The lowest BCUT2D eigenvalue weighted by Crippen LogP contribution is -2.25. The van der Waals surface area contributed by atoms with Crippen molar-refractivity contribution in [1.82, 2.24) is 15.0 Å². The standard InChI is InChI=1S/C55H35N3O/c1-2-14-35(15-3-1)52-56-53(36-26-25-34-17-12-16-33-13-4-5-18-38(33)43(34)31-36)58-54(57-52)37-27-28-42-49(32-37)59-48-30-29-47-50(51(42)48)41-21-8-11-24-46(41)55(47)44-22-9-6-19-39(44)40-20-7-10-23-45(40)55/h1-11,13-15,18-32H,12,16-17H2. The molecule has 4 nitrogen and oxygen atoms in total. The van der Waals surface area contributed by atoms with Crippen LogP contribution in [0, 0.1) is 0 Å². The second kappa shape index (κ2) is 12.3. The van der Waals surface area contributed by atoms with E-state index in [1.54, 1.807) is 0 Å². The quantitative estimate of drug-likeness (QED) is 0.180. The summed E-state index contributed by atoms with van der Waals surface area (Å²) in [6.45, 7) is 0. The zero-order valence-electron chi connectivity index (χ0n) is 32.1. The third-order valence-corrected chi connectivity index (χ3v) is 13.1. The summed E-state index contributed by atoms with van der Waals surface area (Å²) >= 11 is 0. The normalized spacial score (nSPS) is 14.0. The number of furan rings is 1. The fraction of sp³-hybridized carbons (Fsp3) is 0.0727. The monoisotopic (exact) mass is 753 g/mol. The average molecular weight is 754 g/mol. The zero-order valence-corrected chi connectivity index (χ0v) is 32.1. The van der Waals surface area contributed by atoms with Gasteiger partial charge in [-0.25, -0.2) is 15.0 Å². The molecule has 0 unspecified atom stereocenters. The first kappa shape index (κ1) is 32.6. The molecule has 0 atom stereocenters. The van der Waals surface area contributed by atoms with Crippen LogP contribution in [-0.2, 0) is 18.3 Å². The van der Waals surface area contributed by atoms with Crippen LogP contribution in [0.15, 0.2) is 180 Å². The topological polar surface area (TPSA) is 51.8 Å². The summed E-state index contributed by atoms with van der Waals surface area (Å²) in [7, 11) is 0. The molecule has 3 aliphatic rings. The Balaban J connectivity index is 1.00. The molecule has 0 radical (unpaired) electrons. The van der Waals surface area contributed by atoms with Gasteiger partial charge in [-0.1, -0.05) is 152 Å². The first-order chi connectivity index (χ1) is 29.2. The molecular weight excluding hydrogens is 719 g/mol. The van der Waals surface area contributed by atoms with Gasteiger partial charge in [0.15, 0.2) is 17.5 Å². The minimum absolute atomic E-state index is 0.413. The van der Waals surface area contributed by atoms with E-state index in [1.807, 2.05) is 18.2 Å². The number of aromatic nitrogens is 3. The minimum atomic E-state index is -0.413. The van der Waals surface area contributed by atoms with Gasteiger partial charge >= 0.3 is 0 Å². The van der Waals surface area contributed by atoms with Crippen molar-refractivity contribution in [2.75, 3.05) is 0 Å². The predicted molar refractivity (Wildman–Crippen MR) is 237 cm³/mol. The minimum Gasteiger partial charge on any atom is -0.456 e. The lowest BCUT2D eigenvalue weighted by Gasteiger charge is -2.30. The maximum absolute atomic E-state index is 6.81. The third kappa shape index (κ3) is 4.57. The maximum atomic E-state index is 6.81. The highest BCUT2D eigenvalue weighted by Crippen LogP contribution is 2.64. The number of hydrogen-bond donors (Lipinski definition) is 0. The highest BCUT2D eigenvalue weighted by Gasteiger charge is 2.52. The van der Waals surface area contributed by atoms with Crippen LogP contribution >= 0.6 is 0 Å². The molecule has 0 saturated heterocycles. The molecule has 8 aromatic carbocycles. The second-order valence-corrected chi connectivity index (χ2v) is 16.1. The predicted octanol–water partition coefficient (Wildman–Crippen LogP) is 13.3. The lowest BCUT2D eigenvalue weighted by atomic mass is 9.70. The Morgan fingerprint density at radius 3 is 1.68 bits per heavy atom. The van der Waals surface area contributed by atoms with Crippen LogP contribution in [0.2, 0.25) is 0 Å². The number of benzene rings is 8. The van der Waals surface area contributed by atoms with Crippen LogP contribution < -0.4 is 0 Å². The molecule has 2 aromatic heterocycles. The molecule has 4 heteroatoms. The molecule has 0 fully saturated rings. The Bertz CT molecular complexity index is 3330. The van der Waals surface area contributed by atoms with Crippen LogP contribution in [0.4, 0.5) is 0 Å². The van der Waals surface area contributed by atoms with Gasteiger partial charge in [-0.15, -0.1) is 0 Å². The molecule has 0 amide bonds. The average Bonchev–Trinajstić information content (AvgIpc) is 3.87. The van der Waals surface area contributed by atoms with E-state index in [0.717, 1.165) is 57.9 Å². The van der Waals surface area contributed by atoms with E-state index in [1.165, 1.54) is 66.8 Å². The summed E-state index contributed by atoms with van der Waals surface area (Å²) in [5.74, 6) is 1.91. The zero-order chi connectivity index (χ0) is 38.7. The molecule has 3 aliphatic carbocycles. The molecule has 276 valence electrons. The summed E-state index contributed by atoms with van der Waals surface area (Å²) < 4.78 is 6.81. The molecule has 13 rings (SSSR count). The van der Waals surface area contributed by atoms with Gasteiger partial charge in [0.1, 0.15) is 11.2 Å². The largest absolute Gasteiger partial charge is 0.456 e. The van der Waals surface area contributed by atoms with E-state index in [9.17, 15) is 0 Å². The van der Waals surface area contributed by atoms with E-state index in [-0.39, 0.29) is 0 Å². The summed E-state index contributed by atoms with van der Waals surface area (Å²) in [5, 5.41) is 2.22. The van der Waals surface area contributed by atoms with Crippen molar-refractivity contribution in [1.29, 1.82) is 0 Å². The smallest absolute Gasteiger partial charge is 0.164 e. The van der Waals surface area contributed by atoms with Gasteiger partial charge in [-0.3, -0.25) is 0 Å². The summed E-state index contributed by atoms with van der Waals surface area (Å²) in [4.78, 5) is 15.4. The fourth-order valence-electron chi connectivity index (χ4n) is 10.6. The van der Waals surface area contributed by atoms with Gasteiger partial charge < -0.3 is 4.42 Å². The number of hydrogen-bond acceptors (Lipinski definition) is 4. The molecule has 2 heterocycles. The van der Waals surface area contributed by atoms with Crippen molar-refractivity contribution in [2.24, 2.45) is 0 Å². The van der Waals surface area contributed by atoms with Crippen molar-refractivity contribution in [3.8, 4) is 67.5 Å². The van der Waals surface area contributed by atoms with Crippen LogP contribution in [-0.4, -0.2) is 15.0 Å². The van der Waals surface area contributed by atoms with E-state index in [0.29, 0.717) is 17.5 Å². The van der Waals surface area contributed by atoms with Gasteiger partial charge in [-0.05, 0) is 110 Å². The third-order valence-electron chi connectivity index (χ3n) is 13.1. The number of nitrogens with zero attached hydrogens (tertiary/aromatic N) is 3. The van der Waals surface area contributed by atoms with Crippen molar-refractivity contribution in [3.63, 3.8) is 0 Å². The van der Waals surface area contributed by atoms with Crippen molar-refractivity contribution < 1.29 is 4.42 Å². The van der Waals surface area contributed by atoms with E-state index < -0.39 is 5.41 Å². The maximum Gasteiger partial charge on any atom is 0.164 e. The molecule has 59 heavy (non-hydrogen) atoms. The molecule has 10 aromatic rings.